The van der Waals surface area contributed by atoms with Crippen LogP contribution in [-0.4, -0.2) is 71.8 Å². The third-order valence-corrected chi connectivity index (χ3v) is 5.10. The van der Waals surface area contributed by atoms with E-state index in [1.165, 1.54) is 12.1 Å². The van der Waals surface area contributed by atoms with Gasteiger partial charge < -0.3 is 25.8 Å². The summed E-state index contributed by atoms with van der Waals surface area (Å²) in [5, 5.41) is 14.5. The third kappa shape index (κ3) is 10.6. The lowest BCUT2D eigenvalue weighted by Crippen LogP contribution is -2.50. The van der Waals surface area contributed by atoms with Crippen LogP contribution in [-0.2, 0) is 28.7 Å². The fourth-order valence-corrected chi connectivity index (χ4v) is 3.26. The molecule has 0 aromatic heterocycles. The fraction of sp³-hybridized carbons (Fsp3) is 0.476. The van der Waals surface area contributed by atoms with Crippen molar-refractivity contribution in [2.75, 3.05) is 30.6 Å². The minimum atomic E-state index is -1.22. The van der Waals surface area contributed by atoms with Gasteiger partial charge in [0.2, 0.25) is 11.8 Å². The van der Waals surface area contributed by atoms with Crippen molar-refractivity contribution in [1.29, 1.82) is 0 Å². The highest BCUT2D eigenvalue weighted by Gasteiger charge is 2.25. The van der Waals surface area contributed by atoms with Crippen LogP contribution in [0.2, 0.25) is 0 Å². The Morgan fingerprint density at radius 2 is 1.74 bits per heavy atom. The number of hydrogen-bond donors (Lipinski definition) is 4. The zero-order valence-electron chi connectivity index (χ0n) is 19.0. The third-order valence-electron chi connectivity index (χ3n) is 4.18. The summed E-state index contributed by atoms with van der Waals surface area (Å²) in [7, 11) is 0. The van der Waals surface area contributed by atoms with E-state index >= 15 is 0 Å². The van der Waals surface area contributed by atoms with Gasteiger partial charge in [0.25, 0.3) is 0 Å². The van der Waals surface area contributed by atoms with Gasteiger partial charge in [0.1, 0.15) is 18.6 Å². The van der Waals surface area contributed by atoms with E-state index in [0.717, 1.165) is 0 Å². The molecule has 2 atom stereocenters. The summed E-state index contributed by atoms with van der Waals surface area (Å²) in [5.74, 6) is -2.90. The minimum Gasteiger partial charge on any atom is -0.465 e. The van der Waals surface area contributed by atoms with E-state index in [9.17, 15) is 29.2 Å². The highest BCUT2D eigenvalue weighted by atomic mass is 32.2. The van der Waals surface area contributed by atoms with Gasteiger partial charge in [0.15, 0.2) is 0 Å². The van der Waals surface area contributed by atoms with Gasteiger partial charge in [0.05, 0.1) is 18.9 Å². The van der Waals surface area contributed by atoms with Gasteiger partial charge in [-0.05, 0) is 32.4 Å². The van der Waals surface area contributed by atoms with Gasteiger partial charge in [-0.25, -0.2) is 0 Å². The molecule has 188 valence electrons. The zero-order chi connectivity index (χ0) is 25.5. The maximum Gasteiger partial charge on any atom is 0.325 e. The predicted molar refractivity (Wildman–Crippen MR) is 124 cm³/mol. The maximum absolute atomic E-state index is 12.5. The molecule has 5 N–H and O–H groups in total. The lowest BCUT2D eigenvalue weighted by molar-refractivity contribution is -0.145. The van der Waals surface area contributed by atoms with Crippen LogP contribution >= 0.6 is 11.8 Å². The summed E-state index contributed by atoms with van der Waals surface area (Å²) < 4.78 is 9.52. The van der Waals surface area contributed by atoms with E-state index in [0.29, 0.717) is 16.8 Å². The molecule has 3 amide bonds. The SMILES string of the molecule is CCOC(=O)CNC(=O)[C@H](CSC(=O)N(O)c1ccccc1)NC(=O)CC[C@H](N)C(=O)OCC. The number of carbonyl (C=O) groups excluding carboxylic acids is 5. The van der Waals surface area contributed by atoms with Crippen LogP contribution < -0.4 is 21.4 Å². The molecule has 0 fully saturated rings. The zero-order valence-corrected chi connectivity index (χ0v) is 19.8. The number of hydroxylamine groups is 1. The number of amides is 3. The number of thioether (sulfide) groups is 1. The van der Waals surface area contributed by atoms with Crippen molar-refractivity contribution in [1.82, 2.24) is 10.6 Å². The molecule has 0 aliphatic carbocycles. The summed E-state index contributed by atoms with van der Waals surface area (Å²) in [4.78, 5) is 60.3. The molecule has 0 aliphatic rings. The normalized spacial score (nSPS) is 12.1. The summed E-state index contributed by atoms with van der Waals surface area (Å²) in [6.45, 7) is 3.09. The molecule has 0 bridgehead atoms. The molecule has 1 rings (SSSR count). The molecule has 13 heteroatoms. The first-order valence-electron chi connectivity index (χ1n) is 10.5. The van der Waals surface area contributed by atoms with Gasteiger partial charge in [0, 0.05) is 12.2 Å². The van der Waals surface area contributed by atoms with Crippen molar-refractivity contribution in [3.8, 4) is 0 Å². The Labute approximate surface area is 201 Å². The van der Waals surface area contributed by atoms with Gasteiger partial charge in [-0.2, -0.15) is 5.06 Å². The van der Waals surface area contributed by atoms with Gasteiger partial charge in [-0.3, -0.25) is 29.2 Å². The van der Waals surface area contributed by atoms with E-state index in [1.54, 1.807) is 32.0 Å². The van der Waals surface area contributed by atoms with E-state index in [-0.39, 0.29) is 37.5 Å². The Morgan fingerprint density at radius 1 is 1.09 bits per heavy atom. The van der Waals surface area contributed by atoms with Crippen LogP contribution in [0.15, 0.2) is 30.3 Å². The minimum absolute atomic E-state index is 0.0215. The maximum atomic E-state index is 12.5. The Hall–Kier alpha value is -3.16. The van der Waals surface area contributed by atoms with Crippen LogP contribution in [0.1, 0.15) is 26.7 Å². The second kappa shape index (κ2) is 15.6. The van der Waals surface area contributed by atoms with Crippen LogP contribution in [0, 0.1) is 0 Å². The van der Waals surface area contributed by atoms with Crippen LogP contribution in [0.25, 0.3) is 0 Å². The molecule has 0 radical (unpaired) electrons. The molecule has 0 heterocycles. The monoisotopic (exact) mass is 498 g/mol. The standard InChI is InChI=1S/C21H30N4O8S/c1-3-32-18(27)12-23-19(28)16(24-17(26)11-10-15(22)20(29)33-4-2)13-34-21(30)25(31)14-8-6-5-7-9-14/h5-9,15-16,31H,3-4,10-13,22H2,1-2H3,(H,23,28)(H,24,26)/t15-,16-/m0/s1. The summed E-state index contributed by atoms with van der Waals surface area (Å²) >= 11 is 0.585. The Kier molecular flexibility index (Phi) is 13.3. The molecule has 12 nitrogen and oxygen atoms in total. The second-order valence-corrected chi connectivity index (χ2v) is 7.74. The van der Waals surface area contributed by atoms with Crippen molar-refractivity contribution >= 4 is 46.4 Å². The number of rotatable bonds is 13. The molecule has 0 aliphatic heterocycles. The summed E-state index contributed by atoms with van der Waals surface area (Å²) in [6, 6.07) is 5.76. The number of nitrogens with zero attached hydrogens (tertiary/aromatic N) is 1. The van der Waals surface area contributed by atoms with Crippen LogP contribution in [0.3, 0.4) is 0 Å². The topological polar surface area (TPSA) is 177 Å². The van der Waals surface area contributed by atoms with E-state index < -0.39 is 47.6 Å². The quantitative estimate of drug-likeness (QED) is 0.171. The number of nitrogens with two attached hydrogens (primary N) is 1. The number of benzene rings is 1. The molecule has 1 aromatic carbocycles. The van der Waals surface area contributed by atoms with Crippen molar-refractivity contribution in [2.45, 2.75) is 38.8 Å². The van der Waals surface area contributed by atoms with E-state index in [2.05, 4.69) is 10.6 Å². The molecule has 0 saturated heterocycles. The second-order valence-electron chi connectivity index (χ2n) is 6.76. The molecule has 1 aromatic rings. The molecule has 34 heavy (non-hydrogen) atoms. The average molecular weight is 499 g/mol. The van der Waals surface area contributed by atoms with E-state index in [1.807, 2.05) is 0 Å². The lowest BCUT2D eigenvalue weighted by atomic mass is 10.1. The first kappa shape index (κ1) is 28.9. The number of carbonyl (C=O) groups is 5. The summed E-state index contributed by atoms with van der Waals surface area (Å²) in [5.41, 5.74) is 5.89. The first-order valence-corrected chi connectivity index (χ1v) is 11.5. The highest BCUT2D eigenvalue weighted by Crippen LogP contribution is 2.17. The highest BCUT2D eigenvalue weighted by molar-refractivity contribution is 8.13. The predicted octanol–water partition coefficient (Wildman–Crippen LogP) is 0.570. The smallest absolute Gasteiger partial charge is 0.325 e. The van der Waals surface area contributed by atoms with Crippen molar-refractivity contribution in [3.63, 3.8) is 0 Å². The average Bonchev–Trinajstić information content (AvgIpc) is 2.83. The van der Waals surface area contributed by atoms with E-state index in [4.69, 9.17) is 15.2 Å². The lowest BCUT2D eigenvalue weighted by Gasteiger charge is -2.20. The van der Waals surface area contributed by atoms with Crippen LogP contribution in [0.5, 0.6) is 0 Å². The van der Waals surface area contributed by atoms with Crippen molar-refractivity contribution < 1.29 is 38.7 Å². The number of nitrogens with one attached hydrogen (secondary N) is 2. The Bertz CT molecular complexity index is 839. The number of anilines is 1. The van der Waals surface area contributed by atoms with Gasteiger partial charge in [-0.15, -0.1) is 0 Å². The Morgan fingerprint density at radius 3 is 2.35 bits per heavy atom. The molecular formula is C21H30N4O8S. The van der Waals surface area contributed by atoms with Gasteiger partial charge >= 0.3 is 17.2 Å². The van der Waals surface area contributed by atoms with Gasteiger partial charge in [-0.1, -0.05) is 30.0 Å². The molecule has 0 unspecified atom stereocenters. The van der Waals surface area contributed by atoms with Crippen LogP contribution in [0.4, 0.5) is 10.5 Å². The van der Waals surface area contributed by atoms with Crippen molar-refractivity contribution in [2.24, 2.45) is 5.73 Å². The summed E-state index contributed by atoms with van der Waals surface area (Å²) in [6.07, 6.45) is -0.206. The fourth-order valence-electron chi connectivity index (χ4n) is 2.49. The number of hydrogen-bond acceptors (Lipinski definition) is 10. The first-order chi connectivity index (χ1) is 16.2. The molecule has 0 saturated carbocycles. The number of esters is 2. The Balaban J connectivity index is 2.74. The number of ether oxygens (including phenoxy) is 2. The number of para-hydroxylation sites is 1. The molecule has 0 spiro atoms. The molecular weight excluding hydrogens is 468 g/mol. The largest absolute Gasteiger partial charge is 0.465 e. The van der Waals surface area contributed by atoms with Crippen molar-refractivity contribution in [3.05, 3.63) is 30.3 Å².